The number of para-hydroxylation sites is 1. The highest BCUT2D eigenvalue weighted by Gasteiger charge is 2.23. The Balaban J connectivity index is 1.49. The van der Waals surface area contributed by atoms with Crippen LogP contribution in [0.2, 0.25) is 0 Å². The van der Waals surface area contributed by atoms with E-state index in [2.05, 4.69) is 66.4 Å². The number of hydrogen-bond donors (Lipinski definition) is 1. The molecule has 1 fully saturated rings. The normalized spacial score (nSPS) is 15.7. The predicted octanol–water partition coefficient (Wildman–Crippen LogP) is 5.21. The summed E-state index contributed by atoms with van der Waals surface area (Å²) in [5.74, 6) is 1.69. The molecule has 1 unspecified atom stereocenters. The number of hydrogen-bond acceptors (Lipinski definition) is 6. The number of nitriles is 1. The molecule has 0 aliphatic carbocycles. The number of halogens is 1. The second kappa shape index (κ2) is 8.72. The Morgan fingerprint density at radius 1 is 1.20 bits per heavy atom. The number of ether oxygens (including phenoxy) is 1. The molecule has 3 aromatic rings. The molecule has 6 nitrogen and oxygen atoms in total. The molecule has 2 heterocycles. The van der Waals surface area contributed by atoms with E-state index in [0.29, 0.717) is 27.6 Å². The van der Waals surface area contributed by atoms with Crippen LogP contribution in [0.4, 0.5) is 11.6 Å². The first-order valence-corrected chi connectivity index (χ1v) is 10.6. The average Bonchev–Trinajstić information content (AvgIpc) is 3.21. The third-order valence-corrected chi connectivity index (χ3v) is 5.69. The first-order chi connectivity index (χ1) is 14.5. The zero-order chi connectivity index (χ0) is 21.1. The van der Waals surface area contributed by atoms with E-state index in [1.807, 2.05) is 32.0 Å². The van der Waals surface area contributed by atoms with E-state index < -0.39 is 0 Å². The molecule has 0 spiro atoms. The minimum Gasteiger partial charge on any atom is -0.437 e. The summed E-state index contributed by atoms with van der Waals surface area (Å²) in [4.78, 5) is 11.3. The van der Waals surface area contributed by atoms with Crippen LogP contribution in [0, 0.1) is 25.2 Å². The van der Waals surface area contributed by atoms with Crippen LogP contribution in [0.5, 0.6) is 11.6 Å². The predicted molar refractivity (Wildman–Crippen MR) is 121 cm³/mol. The van der Waals surface area contributed by atoms with Crippen molar-refractivity contribution >= 4 is 27.6 Å². The van der Waals surface area contributed by atoms with Crippen molar-refractivity contribution in [2.75, 3.05) is 23.3 Å². The zero-order valence-corrected chi connectivity index (χ0v) is 18.5. The summed E-state index contributed by atoms with van der Waals surface area (Å²) < 4.78 is 6.78. The van der Waals surface area contributed by atoms with Crippen molar-refractivity contribution in [2.45, 2.75) is 26.3 Å². The third kappa shape index (κ3) is 4.39. The average molecular weight is 464 g/mol. The van der Waals surface area contributed by atoms with Gasteiger partial charge in [-0.25, -0.2) is 4.98 Å². The summed E-state index contributed by atoms with van der Waals surface area (Å²) >= 11 is 3.48. The van der Waals surface area contributed by atoms with E-state index >= 15 is 0 Å². The highest BCUT2D eigenvalue weighted by Crippen LogP contribution is 2.33. The number of rotatable bonds is 5. The largest absolute Gasteiger partial charge is 0.437 e. The van der Waals surface area contributed by atoms with Crippen LogP contribution in [0.25, 0.3) is 0 Å². The SMILES string of the molecule is Cc1cc(C#N)cc(C)c1Oc1nc(NC2CCN(c3ccccc3)C2)ncc1Br. The molecule has 1 N–H and O–H groups in total. The maximum atomic E-state index is 9.14. The van der Waals surface area contributed by atoms with Gasteiger partial charge in [0, 0.05) is 24.8 Å². The molecule has 0 amide bonds. The molecule has 1 atom stereocenters. The van der Waals surface area contributed by atoms with Gasteiger partial charge >= 0.3 is 0 Å². The molecule has 0 radical (unpaired) electrons. The molecule has 1 aliphatic rings. The number of benzene rings is 2. The van der Waals surface area contributed by atoms with Gasteiger partial charge in [-0.05, 0) is 71.6 Å². The van der Waals surface area contributed by atoms with Crippen LogP contribution in [0.15, 0.2) is 53.1 Å². The molecule has 7 heteroatoms. The van der Waals surface area contributed by atoms with Crippen molar-refractivity contribution in [1.82, 2.24) is 9.97 Å². The number of nitrogens with one attached hydrogen (secondary N) is 1. The number of aryl methyl sites for hydroxylation is 2. The number of aromatic nitrogens is 2. The van der Waals surface area contributed by atoms with Crippen molar-refractivity contribution in [1.29, 1.82) is 5.26 Å². The lowest BCUT2D eigenvalue weighted by atomic mass is 10.1. The molecule has 152 valence electrons. The number of nitrogens with zero attached hydrogens (tertiary/aromatic N) is 4. The van der Waals surface area contributed by atoms with E-state index in [1.54, 1.807) is 6.20 Å². The van der Waals surface area contributed by atoms with Crippen LogP contribution in [-0.2, 0) is 0 Å². The summed E-state index contributed by atoms with van der Waals surface area (Å²) in [7, 11) is 0. The van der Waals surface area contributed by atoms with E-state index in [4.69, 9.17) is 10.00 Å². The molecular weight excluding hydrogens is 442 g/mol. The summed E-state index contributed by atoms with van der Waals surface area (Å²) in [5, 5.41) is 12.6. The standard InChI is InChI=1S/C23H22BrN5O/c1-15-10-17(12-25)11-16(2)21(15)30-22-20(24)13-26-23(28-22)27-18-8-9-29(14-18)19-6-4-3-5-7-19/h3-7,10-11,13,18H,8-9,14H2,1-2H3,(H,26,27,28). The summed E-state index contributed by atoms with van der Waals surface area (Å²) in [5.41, 5.74) is 3.63. The van der Waals surface area contributed by atoms with Gasteiger partial charge in [0.15, 0.2) is 0 Å². The fourth-order valence-corrected chi connectivity index (χ4v) is 3.97. The molecule has 0 saturated carbocycles. The van der Waals surface area contributed by atoms with Gasteiger partial charge in [-0.3, -0.25) is 0 Å². The molecular formula is C23H22BrN5O. The van der Waals surface area contributed by atoms with Crippen LogP contribution in [-0.4, -0.2) is 29.1 Å². The maximum absolute atomic E-state index is 9.14. The second-order valence-corrected chi connectivity index (χ2v) is 8.27. The Labute approximate surface area is 184 Å². The minimum atomic E-state index is 0.262. The molecule has 1 saturated heterocycles. The Morgan fingerprint density at radius 2 is 1.93 bits per heavy atom. The van der Waals surface area contributed by atoms with Crippen LogP contribution in [0.1, 0.15) is 23.1 Å². The van der Waals surface area contributed by atoms with Crippen LogP contribution in [0.3, 0.4) is 0 Å². The monoisotopic (exact) mass is 463 g/mol. The molecule has 1 aromatic heterocycles. The van der Waals surface area contributed by atoms with Crippen molar-refractivity contribution in [3.63, 3.8) is 0 Å². The van der Waals surface area contributed by atoms with E-state index in [-0.39, 0.29) is 6.04 Å². The first-order valence-electron chi connectivity index (χ1n) is 9.82. The molecule has 2 aromatic carbocycles. The van der Waals surface area contributed by atoms with Crippen LogP contribution < -0.4 is 15.0 Å². The van der Waals surface area contributed by atoms with Gasteiger partial charge in [0.2, 0.25) is 11.8 Å². The van der Waals surface area contributed by atoms with Gasteiger partial charge in [-0.15, -0.1) is 0 Å². The lowest BCUT2D eigenvalue weighted by Gasteiger charge is -2.19. The molecule has 1 aliphatic heterocycles. The Bertz CT molecular complexity index is 1070. The maximum Gasteiger partial charge on any atom is 0.238 e. The summed E-state index contributed by atoms with van der Waals surface area (Å²) in [6.07, 6.45) is 2.71. The van der Waals surface area contributed by atoms with E-state index in [9.17, 15) is 0 Å². The van der Waals surface area contributed by atoms with Gasteiger partial charge in [0.1, 0.15) is 5.75 Å². The van der Waals surface area contributed by atoms with Gasteiger partial charge in [-0.1, -0.05) is 18.2 Å². The van der Waals surface area contributed by atoms with Gasteiger partial charge in [0.05, 0.1) is 22.3 Å². The van der Waals surface area contributed by atoms with Crippen molar-refractivity contribution in [3.8, 4) is 17.7 Å². The molecule has 0 bridgehead atoms. The quantitative estimate of drug-likeness (QED) is 0.559. The fraction of sp³-hybridized carbons (Fsp3) is 0.261. The highest BCUT2D eigenvalue weighted by molar-refractivity contribution is 9.10. The molecule has 30 heavy (non-hydrogen) atoms. The summed E-state index contributed by atoms with van der Waals surface area (Å²) in [6.45, 7) is 5.74. The lowest BCUT2D eigenvalue weighted by Crippen LogP contribution is -2.26. The van der Waals surface area contributed by atoms with E-state index in [1.165, 1.54) is 5.69 Å². The third-order valence-electron chi connectivity index (χ3n) is 5.14. The topological polar surface area (TPSA) is 74.1 Å². The highest BCUT2D eigenvalue weighted by atomic mass is 79.9. The number of anilines is 2. The van der Waals surface area contributed by atoms with Crippen molar-refractivity contribution in [2.24, 2.45) is 0 Å². The fourth-order valence-electron chi connectivity index (χ4n) is 3.70. The van der Waals surface area contributed by atoms with E-state index in [0.717, 1.165) is 30.6 Å². The zero-order valence-electron chi connectivity index (χ0n) is 16.9. The van der Waals surface area contributed by atoms with Gasteiger partial charge < -0.3 is 15.0 Å². The Hall–Kier alpha value is -3.11. The smallest absolute Gasteiger partial charge is 0.238 e. The van der Waals surface area contributed by atoms with Crippen molar-refractivity contribution < 1.29 is 4.74 Å². The Morgan fingerprint density at radius 3 is 2.63 bits per heavy atom. The Kier molecular flexibility index (Phi) is 5.86. The van der Waals surface area contributed by atoms with Crippen LogP contribution >= 0.6 is 15.9 Å². The van der Waals surface area contributed by atoms with Crippen molar-refractivity contribution in [3.05, 3.63) is 69.8 Å². The van der Waals surface area contributed by atoms with Gasteiger partial charge in [0.25, 0.3) is 0 Å². The van der Waals surface area contributed by atoms with Gasteiger partial charge in [-0.2, -0.15) is 10.2 Å². The first kappa shape index (κ1) is 20.2. The molecule has 4 rings (SSSR count). The summed E-state index contributed by atoms with van der Waals surface area (Å²) in [6, 6.07) is 16.5. The lowest BCUT2D eigenvalue weighted by molar-refractivity contribution is 0.452. The minimum absolute atomic E-state index is 0.262. The second-order valence-electron chi connectivity index (χ2n) is 7.41.